The average Bonchev–Trinajstić information content (AvgIpc) is 3.22. The SMILES string of the molecule is C=CCn1c(SCC(=O)Nc2ccc(C)cc2C)nnc1[C@H](C)NC(=O)c1ccc(OC)cc1. The van der Waals surface area contributed by atoms with E-state index in [4.69, 9.17) is 4.74 Å². The number of hydrogen-bond acceptors (Lipinski definition) is 6. The molecule has 1 atom stereocenters. The van der Waals surface area contributed by atoms with Gasteiger partial charge in [-0.3, -0.25) is 9.59 Å². The summed E-state index contributed by atoms with van der Waals surface area (Å²) in [6.07, 6.45) is 1.73. The van der Waals surface area contributed by atoms with E-state index in [2.05, 4.69) is 27.4 Å². The molecule has 3 aromatic rings. The number of rotatable bonds is 10. The molecule has 2 N–H and O–H groups in total. The summed E-state index contributed by atoms with van der Waals surface area (Å²) in [4.78, 5) is 25.2. The number of carbonyl (C=O) groups excluding carboxylic acids is 2. The largest absolute Gasteiger partial charge is 0.497 e. The maximum Gasteiger partial charge on any atom is 0.251 e. The Morgan fingerprint density at radius 3 is 2.56 bits per heavy atom. The van der Waals surface area contributed by atoms with Gasteiger partial charge in [0, 0.05) is 17.8 Å². The Morgan fingerprint density at radius 1 is 1.18 bits per heavy atom. The average molecular weight is 480 g/mol. The number of benzene rings is 2. The maximum atomic E-state index is 12.7. The molecule has 0 saturated carbocycles. The Bertz CT molecular complexity index is 1170. The molecule has 0 unspecified atom stereocenters. The lowest BCUT2D eigenvalue weighted by molar-refractivity contribution is -0.113. The van der Waals surface area contributed by atoms with Crippen LogP contribution in [0.1, 0.15) is 40.3 Å². The van der Waals surface area contributed by atoms with Crippen LogP contribution in [-0.2, 0) is 11.3 Å². The van der Waals surface area contributed by atoms with Crippen molar-refractivity contribution < 1.29 is 14.3 Å². The van der Waals surface area contributed by atoms with Crippen LogP contribution in [0.25, 0.3) is 0 Å². The number of carbonyl (C=O) groups is 2. The van der Waals surface area contributed by atoms with E-state index in [-0.39, 0.29) is 17.6 Å². The van der Waals surface area contributed by atoms with Crippen LogP contribution in [0, 0.1) is 13.8 Å². The minimum atomic E-state index is -0.402. The van der Waals surface area contributed by atoms with Crippen LogP contribution in [0.15, 0.2) is 60.3 Å². The minimum absolute atomic E-state index is 0.132. The van der Waals surface area contributed by atoms with Gasteiger partial charge in [0.2, 0.25) is 5.91 Å². The zero-order valence-electron chi connectivity index (χ0n) is 19.8. The Hall–Kier alpha value is -3.59. The fraction of sp³-hybridized carbons (Fsp3) is 0.280. The summed E-state index contributed by atoms with van der Waals surface area (Å²) >= 11 is 1.28. The lowest BCUT2D eigenvalue weighted by Gasteiger charge is -2.15. The second kappa shape index (κ2) is 11.5. The van der Waals surface area contributed by atoms with Crippen molar-refractivity contribution in [1.29, 1.82) is 0 Å². The van der Waals surface area contributed by atoms with Crippen molar-refractivity contribution >= 4 is 29.3 Å². The highest BCUT2D eigenvalue weighted by Gasteiger charge is 2.20. The van der Waals surface area contributed by atoms with Gasteiger partial charge in [-0.2, -0.15) is 0 Å². The third-order valence-corrected chi connectivity index (χ3v) is 6.10. The zero-order chi connectivity index (χ0) is 24.7. The van der Waals surface area contributed by atoms with Crippen molar-refractivity contribution in [1.82, 2.24) is 20.1 Å². The predicted octanol–water partition coefficient (Wildman–Crippen LogP) is 4.31. The summed E-state index contributed by atoms with van der Waals surface area (Å²) in [7, 11) is 1.58. The smallest absolute Gasteiger partial charge is 0.251 e. The summed E-state index contributed by atoms with van der Waals surface area (Å²) in [6.45, 7) is 10.1. The highest BCUT2D eigenvalue weighted by atomic mass is 32.2. The number of thioether (sulfide) groups is 1. The Balaban J connectivity index is 1.66. The fourth-order valence-corrected chi connectivity index (χ4v) is 4.14. The van der Waals surface area contributed by atoms with E-state index in [1.165, 1.54) is 11.8 Å². The molecular weight excluding hydrogens is 450 g/mol. The van der Waals surface area contributed by atoms with E-state index in [9.17, 15) is 9.59 Å². The second-order valence-corrected chi connectivity index (χ2v) is 8.76. The first kappa shape index (κ1) is 25.0. The number of nitrogens with zero attached hydrogens (tertiary/aromatic N) is 3. The highest BCUT2D eigenvalue weighted by molar-refractivity contribution is 7.99. The van der Waals surface area contributed by atoms with E-state index in [1.807, 2.05) is 43.5 Å². The quantitative estimate of drug-likeness (QED) is 0.332. The molecule has 1 aromatic heterocycles. The molecule has 34 heavy (non-hydrogen) atoms. The number of amides is 2. The number of aryl methyl sites for hydroxylation is 2. The first-order valence-electron chi connectivity index (χ1n) is 10.8. The summed E-state index contributed by atoms with van der Waals surface area (Å²) in [5, 5.41) is 15.0. The van der Waals surface area contributed by atoms with Gasteiger partial charge in [-0.05, 0) is 56.7 Å². The molecule has 8 nitrogen and oxygen atoms in total. The minimum Gasteiger partial charge on any atom is -0.497 e. The highest BCUT2D eigenvalue weighted by Crippen LogP contribution is 2.22. The zero-order valence-corrected chi connectivity index (χ0v) is 20.6. The summed E-state index contributed by atoms with van der Waals surface area (Å²) in [5.41, 5.74) is 3.46. The van der Waals surface area contributed by atoms with Crippen molar-refractivity contribution in [2.24, 2.45) is 0 Å². The van der Waals surface area contributed by atoms with E-state index < -0.39 is 6.04 Å². The van der Waals surface area contributed by atoms with E-state index in [1.54, 1.807) is 37.5 Å². The summed E-state index contributed by atoms with van der Waals surface area (Å²) in [6, 6.07) is 12.4. The van der Waals surface area contributed by atoms with Crippen molar-refractivity contribution in [3.63, 3.8) is 0 Å². The van der Waals surface area contributed by atoms with Gasteiger partial charge in [-0.25, -0.2) is 0 Å². The van der Waals surface area contributed by atoms with Crippen LogP contribution in [0.2, 0.25) is 0 Å². The topological polar surface area (TPSA) is 98.1 Å². The van der Waals surface area contributed by atoms with E-state index >= 15 is 0 Å². The molecule has 178 valence electrons. The number of allylic oxidation sites excluding steroid dienone is 1. The molecule has 1 heterocycles. The van der Waals surface area contributed by atoms with Crippen LogP contribution >= 0.6 is 11.8 Å². The van der Waals surface area contributed by atoms with Crippen molar-refractivity contribution in [3.05, 3.63) is 77.6 Å². The molecular formula is C25H29N5O3S. The molecule has 0 aliphatic rings. The van der Waals surface area contributed by atoms with Gasteiger partial charge in [0.1, 0.15) is 5.75 Å². The number of hydrogen-bond donors (Lipinski definition) is 2. The summed E-state index contributed by atoms with van der Waals surface area (Å²) < 4.78 is 6.98. The van der Waals surface area contributed by atoms with Gasteiger partial charge in [0.25, 0.3) is 5.91 Å². The molecule has 9 heteroatoms. The molecule has 0 bridgehead atoms. The van der Waals surface area contributed by atoms with Crippen molar-refractivity contribution in [2.45, 2.75) is 38.5 Å². The van der Waals surface area contributed by atoms with Crippen LogP contribution in [0.3, 0.4) is 0 Å². The number of nitrogens with one attached hydrogen (secondary N) is 2. The monoisotopic (exact) mass is 479 g/mol. The molecule has 0 saturated heterocycles. The molecule has 0 spiro atoms. The normalized spacial score (nSPS) is 11.5. The molecule has 0 aliphatic carbocycles. The third kappa shape index (κ3) is 6.26. The van der Waals surface area contributed by atoms with Crippen LogP contribution < -0.4 is 15.4 Å². The Kier molecular flexibility index (Phi) is 8.48. The number of ether oxygens (including phenoxy) is 1. The second-order valence-electron chi connectivity index (χ2n) is 7.82. The van der Waals surface area contributed by atoms with Gasteiger partial charge in [-0.1, -0.05) is 35.5 Å². The standard InChI is InChI=1S/C25H29N5O3S/c1-6-13-30-23(18(4)26-24(32)19-8-10-20(33-5)11-9-19)28-29-25(30)34-15-22(31)27-21-12-7-16(2)14-17(21)3/h6-12,14,18H,1,13,15H2,2-5H3,(H,26,32)(H,27,31)/t18-/m0/s1. The first-order valence-corrected chi connectivity index (χ1v) is 11.8. The first-order chi connectivity index (χ1) is 16.3. The number of aromatic nitrogens is 3. The number of methoxy groups -OCH3 is 1. The number of anilines is 1. The van der Waals surface area contributed by atoms with Gasteiger partial charge in [0.05, 0.1) is 18.9 Å². The fourth-order valence-electron chi connectivity index (χ4n) is 3.38. The Labute approximate surface area is 203 Å². The molecule has 0 aliphatic heterocycles. The van der Waals surface area contributed by atoms with E-state index in [0.29, 0.717) is 28.8 Å². The van der Waals surface area contributed by atoms with Gasteiger partial charge in [-0.15, -0.1) is 16.8 Å². The van der Waals surface area contributed by atoms with E-state index in [0.717, 1.165) is 16.8 Å². The Morgan fingerprint density at radius 2 is 1.91 bits per heavy atom. The maximum absolute atomic E-state index is 12.7. The molecule has 2 amide bonds. The van der Waals surface area contributed by atoms with Crippen LogP contribution in [0.5, 0.6) is 5.75 Å². The van der Waals surface area contributed by atoms with Crippen LogP contribution in [0.4, 0.5) is 5.69 Å². The lowest BCUT2D eigenvalue weighted by atomic mass is 10.1. The molecule has 3 rings (SSSR count). The van der Waals surface area contributed by atoms with Crippen molar-refractivity contribution in [3.8, 4) is 5.75 Å². The third-order valence-electron chi connectivity index (χ3n) is 5.13. The van der Waals surface area contributed by atoms with Gasteiger partial charge in [0.15, 0.2) is 11.0 Å². The molecule has 0 radical (unpaired) electrons. The molecule has 0 fully saturated rings. The molecule has 2 aromatic carbocycles. The summed E-state index contributed by atoms with van der Waals surface area (Å²) in [5.74, 6) is 1.07. The van der Waals surface area contributed by atoms with Crippen molar-refractivity contribution in [2.75, 3.05) is 18.2 Å². The lowest BCUT2D eigenvalue weighted by Crippen LogP contribution is -2.28. The van der Waals surface area contributed by atoms with Gasteiger partial charge < -0.3 is 19.9 Å². The predicted molar refractivity (Wildman–Crippen MR) is 134 cm³/mol. The van der Waals surface area contributed by atoms with Crippen LogP contribution in [-0.4, -0.2) is 39.4 Å². The van der Waals surface area contributed by atoms with Gasteiger partial charge >= 0.3 is 0 Å².